The Kier molecular flexibility index (Phi) is 4.71. The number of rotatable bonds is 4. The number of aliphatic imine (C=N–C) groups is 1. The van der Waals surface area contributed by atoms with Crippen molar-refractivity contribution in [3.05, 3.63) is 41.7 Å². The summed E-state index contributed by atoms with van der Waals surface area (Å²) in [6.45, 7) is 3.79. The third-order valence-corrected chi connectivity index (χ3v) is 2.79. The van der Waals surface area contributed by atoms with Gasteiger partial charge in [0.05, 0.1) is 12.6 Å². The zero-order chi connectivity index (χ0) is 15.2. The Labute approximate surface area is 122 Å². The van der Waals surface area contributed by atoms with Gasteiger partial charge in [0.1, 0.15) is 11.6 Å². The Morgan fingerprint density at radius 3 is 2.90 bits per heavy atom. The van der Waals surface area contributed by atoms with Crippen LogP contribution in [0.1, 0.15) is 25.5 Å². The lowest BCUT2D eigenvalue weighted by molar-refractivity contribution is -0.118. The van der Waals surface area contributed by atoms with Crippen molar-refractivity contribution in [1.29, 1.82) is 0 Å². The molecule has 1 heterocycles. The second-order valence-electron chi connectivity index (χ2n) is 4.45. The third-order valence-electron chi connectivity index (χ3n) is 2.79. The van der Waals surface area contributed by atoms with Gasteiger partial charge in [0.25, 0.3) is 0 Å². The minimum atomic E-state index is -0.414. The molecular formula is C15H17N3O3. The van der Waals surface area contributed by atoms with E-state index in [2.05, 4.69) is 15.6 Å². The molecule has 0 radical (unpaired) electrons. The van der Waals surface area contributed by atoms with E-state index in [4.69, 9.17) is 4.74 Å². The molecule has 1 atom stereocenters. The van der Waals surface area contributed by atoms with Crippen LogP contribution in [-0.2, 0) is 9.59 Å². The van der Waals surface area contributed by atoms with Crippen LogP contribution in [-0.4, -0.2) is 24.6 Å². The van der Waals surface area contributed by atoms with Crippen LogP contribution in [0.5, 0.6) is 5.75 Å². The van der Waals surface area contributed by atoms with Gasteiger partial charge < -0.3 is 15.4 Å². The van der Waals surface area contributed by atoms with Gasteiger partial charge in [-0.1, -0.05) is 18.2 Å². The van der Waals surface area contributed by atoms with Gasteiger partial charge in [0.2, 0.25) is 11.8 Å². The molecular weight excluding hydrogens is 270 g/mol. The summed E-state index contributed by atoms with van der Waals surface area (Å²) in [5, 5.41) is 5.30. The lowest BCUT2D eigenvalue weighted by Gasteiger charge is -2.16. The van der Waals surface area contributed by atoms with Gasteiger partial charge in [-0.15, -0.1) is 0 Å². The van der Waals surface area contributed by atoms with E-state index in [9.17, 15) is 9.59 Å². The summed E-state index contributed by atoms with van der Waals surface area (Å²) < 4.78 is 5.56. The van der Waals surface area contributed by atoms with Gasteiger partial charge in [-0.25, -0.2) is 4.99 Å². The second-order valence-corrected chi connectivity index (χ2v) is 4.45. The van der Waals surface area contributed by atoms with E-state index in [1.807, 2.05) is 31.2 Å². The Bertz CT molecular complexity index is 608. The summed E-state index contributed by atoms with van der Waals surface area (Å²) in [7, 11) is 0. The molecule has 6 nitrogen and oxygen atoms in total. The highest BCUT2D eigenvalue weighted by Gasteiger charge is 2.18. The molecule has 1 aromatic rings. The number of hydrogen-bond donors (Lipinski definition) is 2. The first-order valence-electron chi connectivity index (χ1n) is 6.66. The van der Waals surface area contributed by atoms with E-state index in [-0.39, 0.29) is 17.6 Å². The quantitative estimate of drug-likeness (QED) is 0.876. The maximum atomic E-state index is 11.9. The molecule has 110 valence electrons. The van der Waals surface area contributed by atoms with Gasteiger partial charge in [0.15, 0.2) is 0 Å². The van der Waals surface area contributed by atoms with Crippen molar-refractivity contribution in [3.8, 4) is 5.75 Å². The number of carbonyl (C=O) groups is 2. The molecule has 1 aliphatic rings. The molecule has 2 rings (SSSR count). The molecule has 2 N–H and O–H groups in total. The van der Waals surface area contributed by atoms with Crippen molar-refractivity contribution in [2.45, 2.75) is 19.9 Å². The molecule has 0 spiro atoms. The zero-order valence-corrected chi connectivity index (χ0v) is 11.9. The molecule has 1 aliphatic heterocycles. The number of benzene rings is 1. The van der Waals surface area contributed by atoms with Crippen LogP contribution in [0.2, 0.25) is 0 Å². The predicted octanol–water partition coefficient (Wildman–Crippen LogP) is 1.30. The first kappa shape index (κ1) is 14.8. The molecule has 0 fully saturated rings. The average Bonchev–Trinajstić information content (AvgIpc) is 2.60. The smallest absolute Gasteiger partial charge is 0.248 e. The number of para-hydroxylation sites is 1. The molecule has 1 aromatic carbocycles. The lowest BCUT2D eigenvalue weighted by atomic mass is 10.1. The number of ether oxygens (including phenoxy) is 1. The fraction of sp³-hybridized carbons (Fsp3) is 0.267. The van der Waals surface area contributed by atoms with Gasteiger partial charge in [-0.2, -0.15) is 0 Å². The highest BCUT2D eigenvalue weighted by atomic mass is 16.5. The Morgan fingerprint density at radius 1 is 1.43 bits per heavy atom. The molecule has 0 aliphatic carbocycles. The average molecular weight is 287 g/mol. The topological polar surface area (TPSA) is 79.8 Å². The highest BCUT2D eigenvalue weighted by molar-refractivity contribution is 5.93. The van der Waals surface area contributed by atoms with Crippen LogP contribution < -0.4 is 15.4 Å². The van der Waals surface area contributed by atoms with E-state index in [1.165, 1.54) is 13.0 Å². The molecule has 0 saturated carbocycles. The van der Waals surface area contributed by atoms with Crippen molar-refractivity contribution >= 4 is 18.0 Å². The number of amides is 2. The number of hydrogen-bond acceptors (Lipinski definition) is 4. The minimum Gasteiger partial charge on any atom is -0.494 e. The molecule has 0 aromatic heterocycles. The fourth-order valence-electron chi connectivity index (χ4n) is 1.98. The molecule has 1 unspecified atom stereocenters. The monoisotopic (exact) mass is 287 g/mol. The maximum absolute atomic E-state index is 11.9. The number of nitrogens with zero attached hydrogens (tertiary/aromatic N) is 1. The molecule has 0 saturated heterocycles. The van der Waals surface area contributed by atoms with Gasteiger partial charge in [-0.05, 0) is 13.0 Å². The van der Waals surface area contributed by atoms with E-state index in [0.29, 0.717) is 12.4 Å². The molecule has 6 heteroatoms. The Balaban J connectivity index is 2.27. The van der Waals surface area contributed by atoms with Gasteiger partial charge in [0, 0.05) is 24.8 Å². The van der Waals surface area contributed by atoms with Crippen LogP contribution in [0.4, 0.5) is 0 Å². The lowest BCUT2D eigenvalue weighted by Crippen LogP contribution is -2.27. The van der Waals surface area contributed by atoms with Crippen molar-refractivity contribution in [2.75, 3.05) is 6.61 Å². The van der Waals surface area contributed by atoms with E-state index in [0.717, 1.165) is 5.56 Å². The summed E-state index contributed by atoms with van der Waals surface area (Å²) in [4.78, 5) is 27.1. The van der Waals surface area contributed by atoms with Crippen LogP contribution >= 0.6 is 0 Å². The normalized spacial score (nSPS) is 17.5. The van der Waals surface area contributed by atoms with Gasteiger partial charge in [-0.3, -0.25) is 9.59 Å². The van der Waals surface area contributed by atoms with Crippen molar-refractivity contribution in [3.63, 3.8) is 0 Å². The summed E-state index contributed by atoms with van der Waals surface area (Å²) in [6, 6.07) is 7.02. The molecule has 0 bridgehead atoms. The van der Waals surface area contributed by atoms with Crippen molar-refractivity contribution in [1.82, 2.24) is 10.6 Å². The zero-order valence-electron chi connectivity index (χ0n) is 11.9. The van der Waals surface area contributed by atoms with Crippen molar-refractivity contribution < 1.29 is 14.3 Å². The summed E-state index contributed by atoms with van der Waals surface area (Å²) in [5.41, 5.74) is 0.814. The van der Waals surface area contributed by atoms with E-state index in [1.54, 1.807) is 6.21 Å². The third kappa shape index (κ3) is 3.92. The summed E-state index contributed by atoms with van der Waals surface area (Å²) in [6.07, 6.45) is 2.83. The standard InChI is InChI=1S/C15H17N3O3/c1-3-21-13-7-5-4-6-11(13)12-9-16-14(17-10(2)19)8-15(20)18-12/h4-9,12H,3H2,1-2H3,(H,17,19)(H,18,20). The second kappa shape index (κ2) is 6.69. The molecule has 21 heavy (non-hydrogen) atoms. The van der Waals surface area contributed by atoms with Gasteiger partial charge >= 0.3 is 0 Å². The largest absolute Gasteiger partial charge is 0.494 e. The predicted molar refractivity (Wildman–Crippen MR) is 78.9 cm³/mol. The van der Waals surface area contributed by atoms with E-state index < -0.39 is 6.04 Å². The Hall–Kier alpha value is -2.63. The van der Waals surface area contributed by atoms with Crippen LogP contribution in [0.15, 0.2) is 41.2 Å². The van der Waals surface area contributed by atoms with Crippen LogP contribution in [0.3, 0.4) is 0 Å². The van der Waals surface area contributed by atoms with Crippen LogP contribution in [0.25, 0.3) is 0 Å². The van der Waals surface area contributed by atoms with E-state index >= 15 is 0 Å². The van der Waals surface area contributed by atoms with Crippen molar-refractivity contribution in [2.24, 2.45) is 4.99 Å². The first-order chi connectivity index (χ1) is 10.1. The SMILES string of the molecule is CCOc1ccccc1C1C=NC(NC(C)=O)=CC(=O)N1. The minimum absolute atomic E-state index is 0.219. The number of nitrogens with one attached hydrogen (secondary N) is 2. The highest BCUT2D eigenvalue weighted by Crippen LogP contribution is 2.25. The van der Waals surface area contributed by atoms with Crippen LogP contribution in [0, 0.1) is 0 Å². The molecule has 2 amide bonds. The summed E-state index contributed by atoms with van der Waals surface area (Å²) >= 11 is 0. The maximum Gasteiger partial charge on any atom is 0.248 e. The first-order valence-corrected chi connectivity index (χ1v) is 6.66. The number of carbonyl (C=O) groups excluding carboxylic acids is 2. The summed E-state index contributed by atoms with van der Waals surface area (Å²) in [5.74, 6) is 0.308. The fourth-order valence-corrected chi connectivity index (χ4v) is 1.98. The Morgan fingerprint density at radius 2 is 2.19 bits per heavy atom.